The summed E-state index contributed by atoms with van der Waals surface area (Å²) in [7, 11) is 3.20. The summed E-state index contributed by atoms with van der Waals surface area (Å²) >= 11 is 0. The zero-order valence-corrected chi connectivity index (χ0v) is 15.4. The predicted octanol–water partition coefficient (Wildman–Crippen LogP) is 0.885. The Morgan fingerprint density at radius 2 is 2.33 bits per heavy atom. The van der Waals surface area contributed by atoms with Crippen molar-refractivity contribution >= 4 is 29.0 Å². The normalized spacial score (nSPS) is 19.9. The van der Waals surface area contributed by atoms with Gasteiger partial charge >= 0.3 is 6.03 Å². The number of halogens is 1. The number of anilines is 1. The Labute approximate surface area is 156 Å². The number of carbonyl (C=O) groups excluding carboxylic acids is 2. The lowest BCUT2D eigenvalue weighted by Gasteiger charge is -2.29. The fourth-order valence-electron chi connectivity index (χ4n) is 3.58. The van der Waals surface area contributed by atoms with Crippen LogP contribution in [0.5, 0.6) is 0 Å². The molecule has 2 aromatic rings. The first kappa shape index (κ1) is 19.2. The molecule has 1 fully saturated rings. The molecule has 0 aliphatic carbocycles. The van der Waals surface area contributed by atoms with Gasteiger partial charge in [0.05, 0.1) is 11.6 Å². The minimum absolute atomic E-state index is 0.145. The first-order valence-corrected chi connectivity index (χ1v) is 8.95. The number of β-amino-alcohol motifs (C(OH)–C–C–N with tert-alkyl or cyclic N) is 1. The summed E-state index contributed by atoms with van der Waals surface area (Å²) in [6, 6.07) is 2.64. The molecule has 8 nitrogen and oxygen atoms in total. The maximum Gasteiger partial charge on any atom is 0.322 e. The molecule has 0 bridgehead atoms. The Kier molecular flexibility index (Phi) is 5.71. The molecule has 1 aromatic heterocycles. The molecule has 2 atom stereocenters. The van der Waals surface area contributed by atoms with Gasteiger partial charge in [-0.2, -0.15) is 5.10 Å². The quantitative estimate of drug-likeness (QED) is 0.672. The number of hydrogen-bond donors (Lipinski definition) is 3. The Morgan fingerprint density at radius 1 is 1.56 bits per heavy atom. The third-order valence-electron chi connectivity index (χ3n) is 4.98. The number of aromatic nitrogens is 2. The van der Waals surface area contributed by atoms with Crippen LogP contribution in [-0.4, -0.2) is 60.0 Å². The number of hydrogen-bond acceptors (Lipinski definition) is 5. The van der Waals surface area contributed by atoms with E-state index in [1.807, 2.05) is 0 Å². The molecule has 146 valence electrons. The number of amides is 2. The summed E-state index contributed by atoms with van der Waals surface area (Å²) in [5, 5.41) is 20.7. The Bertz CT molecular complexity index is 853. The molecule has 2 unspecified atom stereocenters. The molecule has 3 rings (SSSR count). The van der Waals surface area contributed by atoms with E-state index in [1.165, 1.54) is 18.0 Å². The van der Waals surface area contributed by atoms with E-state index in [1.54, 1.807) is 17.8 Å². The van der Waals surface area contributed by atoms with E-state index in [9.17, 15) is 19.1 Å². The van der Waals surface area contributed by atoms with Gasteiger partial charge in [-0.1, -0.05) is 0 Å². The SMILES string of the molecule is CNC(=O)N(CCC=O)c1nn(C)c2cc(C3CCNCC3O)c(F)cc12. The van der Waals surface area contributed by atoms with Gasteiger partial charge in [-0.25, -0.2) is 9.18 Å². The van der Waals surface area contributed by atoms with Crippen LogP contribution < -0.4 is 15.5 Å². The zero-order chi connectivity index (χ0) is 19.6. The molecule has 0 radical (unpaired) electrons. The maximum atomic E-state index is 14.9. The number of nitrogens with zero attached hydrogens (tertiary/aromatic N) is 3. The van der Waals surface area contributed by atoms with Crippen molar-refractivity contribution in [1.82, 2.24) is 20.4 Å². The average Bonchev–Trinajstić information content (AvgIpc) is 2.97. The molecule has 1 aromatic carbocycles. The van der Waals surface area contributed by atoms with E-state index >= 15 is 0 Å². The number of fused-ring (bicyclic) bond motifs is 1. The van der Waals surface area contributed by atoms with E-state index < -0.39 is 18.0 Å². The number of benzene rings is 1. The van der Waals surface area contributed by atoms with Crippen molar-refractivity contribution in [3.8, 4) is 0 Å². The van der Waals surface area contributed by atoms with Crippen LogP contribution in [0.15, 0.2) is 12.1 Å². The summed E-state index contributed by atoms with van der Waals surface area (Å²) in [4.78, 5) is 24.3. The van der Waals surface area contributed by atoms with E-state index in [0.717, 1.165) is 6.29 Å². The van der Waals surface area contributed by atoms with Crippen molar-refractivity contribution in [2.24, 2.45) is 7.05 Å². The largest absolute Gasteiger partial charge is 0.391 e. The van der Waals surface area contributed by atoms with Crippen LogP contribution in [0.3, 0.4) is 0 Å². The first-order chi connectivity index (χ1) is 13.0. The molecule has 9 heteroatoms. The Morgan fingerprint density at radius 3 is 3.00 bits per heavy atom. The van der Waals surface area contributed by atoms with Gasteiger partial charge in [0.2, 0.25) is 0 Å². The minimum Gasteiger partial charge on any atom is -0.391 e. The number of nitrogens with one attached hydrogen (secondary N) is 2. The lowest BCUT2D eigenvalue weighted by molar-refractivity contribution is -0.107. The highest BCUT2D eigenvalue weighted by atomic mass is 19.1. The number of aldehydes is 1. The highest BCUT2D eigenvalue weighted by Gasteiger charge is 2.29. The van der Waals surface area contributed by atoms with Crippen molar-refractivity contribution in [3.05, 3.63) is 23.5 Å². The number of aliphatic hydroxyl groups is 1. The van der Waals surface area contributed by atoms with Gasteiger partial charge in [-0.05, 0) is 30.7 Å². The van der Waals surface area contributed by atoms with Gasteiger partial charge in [0.1, 0.15) is 12.1 Å². The molecule has 1 aliphatic rings. The fraction of sp³-hybridized carbons (Fsp3) is 0.500. The molecule has 1 saturated heterocycles. The fourth-order valence-corrected chi connectivity index (χ4v) is 3.58. The second kappa shape index (κ2) is 8.01. The third-order valence-corrected chi connectivity index (χ3v) is 4.98. The number of urea groups is 1. The highest BCUT2D eigenvalue weighted by molar-refractivity contribution is 6.01. The van der Waals surface area contributed by atoms with Gasteiger partial charge in [0.25, 0.3) is 0 Å². The third kappa shape index (κ3) is 3.65. The van der Waals surface area contributed by atoms with Gasteiger partial charge in [0, 0.05) is 44.9 Å². The van der Waals surface area contributed by atoms with Crippen molar-refractivity contribution in [2.45, 2.75) is 24.9 Å². The molecule has 0 spiro atoms. The van der Waals surface area contributed by atoms with Crippen LogP contribution in [-0.2, 0) is 11.8 Å². The number of aryl methyl sites for hydroxylation is 1. The average molecular weight is 377 g/mol. The van der Waals surface area contributed by atoms with Crippen molar-refractivity contribution in [2.75, 3.05) is 31.6 Å². The van der Waals surface area contributed by atoms with Gasteiger partial charge in [0.15, 0.2) is 5.82 Å². The molecule has 27 heavy (non-hydrogen) atoms. The molecular weight excluding hydrogens is 353 g/mol. The summed E-state index contributed by atoms with van der Waals surface area (Å²) in [5.41, 5.74) is 1.11. The predicted molar refractivity (Wildman–Crippen MR) is 99.4 cm³/mol. The second-order valence-corrected chi connectivity index (χ2v) is 6.67. The van der Waals surface area contributed by atoms with E-state index in [-0.39, 0.29) is 18.9 Å². The lowest BCUT2D eigenvalue weighted by Crippen LogP contribution is -2.39. The van der Waals surface area contributed by atoms with Crippen molar-refractivity contribution in [3.63, 3.8) is 0 Å². The van der Waals surface area contributed by atoms with Gasteiger partial charge in [-0.3, -0.25) is 9.58 Å². The van der Waals surface area contributed by atoms with Crippen LogP contribution in [0.25, 0.3) is 10.9 Å². The first-order valence-electron chi connectivity index (χ1n) is 8.95. The van der Waals surface area contributed by atoms with Gasteiger partial charge < -0.3 is 20.5 Å². The van der Waals surface area contributed by atoms with Crippen LogP contribution in [0.1, 0.15) is 24.3 Å². The van der Waals surface area contributed by atoms with Crippen LogP contribution in [0.4, 0.5) is 15.0 Å². The lowest BCUT2D eigenvalue weighted by atomic mass is 9.87. The van der Waals surface area contributed by atoms with Crippen molar-refractivity contribution in [1.29, 1.82) is 0 Å². The molecule has 3 N–H and O–H groups in total. The Balaban J connectivity index is 2.07. The summed E-state index contributed by atoms with van der Waals surface area (Å²) in [6.45, 7) is 1.28. The molecule has 2 amide bonds. The number of aliphatic hydroxyl groups excluding tert-OH is 1. The number of rotatable bonds is 5. The molecule has 0 saturated carbocycles. The monoisotopic (exact) mass is 377 g/mol. The summed E-state index contributed by atoms with van der Waals surface area (Å²) < 4.78 is 16.5. The van der Waals surface area contributed by atoms with Crippen molar-refractivity contribution < 1.29 is 19.1 Å². The molecular formula is C18H24FN5O3. The number of piperidine rings is 1. The Hall–Kier alpha value is -2.52. The van der Waals surface area contributed by atoms with E-state index in [4.69, 9.17) is 0 Å². The van der Waals surface area contributed by atoms with Gasteiger partial charge in [-0.15, -0.1) is 0 Å². The van der Waals surface area contributed by atoms with E-state index in [0.29, 0.717) is 41.8 Å². The van der Waals surface area contributed by atoms with Crippen LogP contribution in [0.2, 0.25) is 0 Å². The molecule has 1 aliphatic heterocycles. The molecule has 2 heterocycles. The topological polar surface area (TPSA) is 99.5 Å². The van der Waals surface area contributed by atoms with Crippen LogP contribution >= 0.6 is 0 Å². The maximum absolute atomic E-state index is 14.9. The minimum atomic E-state index is -0.659. The highest BCUT2D eigenvalue weighted by Crippen LogP contribution is 2.34. The van der Waals surface area contributed by atoms with E-state index in [2.05, 4.69) is 15.7 Å². The smallest absolute Gasteiger partial charge is 0.322 e. The zero-order valence-electron chi connectivity index (χ0n) is 15.4. The number of carbonyl (C=O) groups is 2. The summed E-state index contributed by atoms with van der Waals surface area (Å²) in [5.74, 6) is -0.431. The van der Waals surface area contributed by atoms with Crippen LogP contribution in [0, 0.1) is 5.82 Å². The summed E-state index contributed by atoms with van der Waals surface area (Å²) in [6.07, 6.45) is 0.845. The standard InChI is InChI=1S/C18H24FN5O3/c1-20-18(27)24(6-3-7-25)17-13-8-14(19)12(9-15(13)23(2)22-17)11-4-5-21-10-16(11)26/h7-9,11,16,21,26H,3-6,10H2,1-2H3,(H,20,27). The second-order valence-electron chi connectivity index (χ2n) is 6.67.